The molecular weight excluding hydrogens is 450 g/mol. The maximum Gasteiger partial charge on any atom is 0.242 e. The third-order valence-corrected chi connectivity index (χ3v) is 7.44. The Morgan fingerprint density at radius 2 is 1.92 bits per heavy atom. The average Bonchev–Trinajstić information content (AvgIpc) is 3.31. The molecule has 6 rings (SSSR count). The van der Waals surface area contributed by atoms with E-state index in [2.05, 4.69) is 68.9 Å². The number of carbonyl (C=O) groups is 1. The van der Waals surface area contributed by atoms with E-state index in [1.54, 1.807) is 12.5 Å². The minimum absolute atomic E-state index is 0.110. The highest BCUT2D eigenvalue weighted by molar-refractivity contribution is 5.79. The van der Waals surface area contributed by atoms with Gasteiger partial charge in [-0.2, -0.15) is 0 Å². The van der Waals surface area contributed by atoms with Crippen LogP contribution in [-0.4, -0.2) is 62.5 Å². The highest BCUT2D eigenvalue weighted by Gasteiger charge is 2.30. The molecule has 1 unspecified atom stereocenters. The Bertz CT molecular complexity index is 1400. The van der Waals surface area contributed by atoms with Crippen molar-refractivity contribution >= 4 is 28.6 Å². The van der Waals surface area contributed by atoms with Crippen molar-refractivity contribution in [3.63, 3.8) is 0 Å². The first-order chi connectivity index (χ1) is 17.6. The summed E-state index contributed by atoms with van der Waals surface area (Å²) in [6.07, 6.45) is 6.40. The molecule has 2 aliphatic rings. The average molecular weight is 482 g/mol. The van der Waals surface area contributed by atoms with Crippen molar-refractivity contribution in [2.24, 2.45) is 0 Å². The van der Waals surface area contributed by atoms with E-state index in [4.69, 9.17) is 0 Å². The number of pyridine rings is 2. The van der Waals surface area contributed by atoms with Gasteiger partial charge in [0.15, 0.2) is 5.65 Å². The zero-order chi connectivity index (χ0) is 24.6. The van der Waals surface area contributed by atoms with E-state index in [0.717, 1.165) is 49.6 Å². The van der Waals surface area contributed by atoms with Crippen molar-refractivity contribution in [1.29, 1.82) is 0 Å². The van der Waals surface area contributed by atoms with Gasteiger partial charge in [-0.1, -0.05) is 18.2 Å². The van der Waals surface area contributed by atoms with Crippen molar-refractivity contribution in [3.05, 3.63) is 77.9 Å². The zero-order valence-corrected chi connectivity index (χ0v) is 20.8. The number of aromatic nitrogens is 4. The van der Waals surface area contributed by atoms with E-state index in [1.807, 2.05) is 27.8 Å². The van der Waals surface area contributed by atoms with Crippen LogP contribution in [0.25, 0.3) is 11.2 Å². The molecule has 0 saturated carbocycles. The largest absolute Gasteiger partial charge is 0.367 e. The summed E-state index contributed by atoms with van der Waals surface area (Å²) in [4.78, 5) is 33.5. The molecule has 0 spiro atoms. The molecule has 1 amide bonds. The molecule has 0 radical (unpaired) electrons. The van der Waals surface area contributed by atoms with E-state index >= 15 is 0 Å². The lowest BCUT2D eigenvalue weighted by Gasteiger charge is -2.43. The summed E-state index contributed by atoms with van der Waals surface area (Å²) in [5.41, 5.74) is 6.83. The summed E-state index contributed by atoms with van der Waals surface area (Å²) >= 11 is 0. The molecular formula is C28H31N7O. The second-order valence-electron chi connectivity index (χ2n) is 9.88. The monoisotopic (exact) mass is 481 g/mol. The molecule has 0 bridgehead atoms. The Morgan fingerprint density at radius 1 is 1.00 bits per heavy atom. The fourth-order valence-corrected chi connectivity index (χ4v) is 5.50. The van der Waals surface area contributed by atoms with Crippen LogP contribution in [0.3, 0.4) is 0 Å². The standard InChI is InChI=1S/C28H31N7O/c1-20-8-9-26(30-15-20)33-12-10-22-5-3-7-25(23(22)17-33)32-13-14-35(21(2)16-32)27(36)18-34-19-31-24-6-4-11-29-28(24)34/h3-9,11,15,19,21H,10,12-14,16-18H2,1-2H3. The molecule has 1 aromatic carbocycles. The molecule has 36 heavy (non-hydrogen) atoms. The van der Waals surface area contributed by atoms with Gasteiger partial charge in [0.05, 0.1) is 6.33 Å². The second-order valence-corrected chi connectivity index (χ2v) is 9.88. The summed E-state index contributed by atoms with van der Waals surface area (Å²) in [5, 5.41) is 0. The first-order valence-corrected chi connectivity index (χ1v) is 12.7. The number of fused-ring (bicyclic) bond motifs is 2. The van der Waals surface area contributed by atoms with Gasteiger partial charge < -0.3 is 19.3 Å². The van der Waals surface area contributed by atoms with Gasteiger partial charge in [0.1, 0.15) is 17.9 Å². The summed E-state index contributed by atoms with van der Waals surface area (Å²) in [5.74, 6) is 1.14. The van der Waals surface area contributed by atoms with Crippen molar-refractivity contribution in [2.75, 3.05) is 36.0 Å². The SMILES string of the molecule is Cc1ccc(N2CCc3cccc(N4CCN(C(=O)Cn5cnc6cccnc65)C(C)C4)c3C2)nc1. The summed E-state index contributed by atoms with van der Waals surface area (Å²) < 4.78 is 1.85. The Morgan fingerprint density at radius 3 is 2.75 bits per heavy atom. The predicted molar refractivity (Wildman–Crippen MR) is 141 cm³/mol. The molecule has 0 N–H and O–H groups in total. The Balaban J connectivity index is 1.17. The van der Waals surface area contributed by atoms with Crippen LogP contribution in [0, 0.1) is 6.92 Å². The fourth-order valence-electron chi connectivity index (χ4n) is 5.50. The van der Waals surface area contributed by atoms with Crippen LogP contribution in [0.5, 0.6) is 0 Å². The highest BCUT2D eigenvalue weighted by atomic mass is 16.2. The Kier molecular flexibility index (Phi) is 5.79. The van der Waals surface area contributed by atoms with Crippen molar-refractivity contribution in [3.8, 4) is 0 Å². The van der Waals surface area contributed by atoms with Gasteiger partial charge in [0.2, 0.25) is 5.91 Å². The number of hydrogen-bond acceptors (Lipinski definition) is 6. The second kappa shape index (κ2) is 9.26. The van der Waals surface area contributed by atoms with Gasteiger partial charge in [-0.3, -0.25) is 4.79 Å². The number of amides is 1. The van der Waals surface area contributed by atoms with Crippen LogP contribution in [0.1, 0.15) is 23.6 Å². The molecule has 0 aliphatic carbocycles. The lowest BCUT2D eigenvalue weighted by molar-refractivity contribution is -0.134. The molecule has 8 nitrogen and oxygen atoms in total. The van der Waals surface area contributed by atoms with Gasteiger partial charge in [-0.15, -0.1) is 0 Å². The number of aryl methyl sites for hydroxylation is 1. The molecule has 184 valence electrons. The van der Waals surface area contributed by atoms with E-state index in [-0.39, 0.29) is 18.5 Å². The topological polar surface area (TPSA) is 70.4 Å². The fraction of sp³-hybridized carbons (Fsp3) is 0.357. The van der Waals surface area contributed by atoms with Crippen LogP contribution >= 0.6 is 0 Å². The van der Waals surface area contributed by atoms with Crippen molar-refractivity contribution in [2.45, 2.75) is 39.4 Å². The summed E-state index contributed by atoms with van der Waals surface area (Å²) in [6, 6.07) is 14.8. The minimum atomic E-state index is 0.110. The number of benzene rings is 1. The Hall–Kier alpha value is -3.94. The number of anilines is 2. The van der Waals surface area contributed by atoms with Gasteiger partial charge >= 0.3 is 0 Å². The minimum Gasteiger partial charge on any atom is -0.367 e. The predicted octanol–water partition coefficient (Wildman–Crippen LogP) is 3.43. The number of piperazine rings is 1. The van der Waals surface area contributed by atoms with Crippen LogP contribution in [0.4, 0.5) is 11.5 Å². The van der Waals surface area contributed by atoms with Gasteiger partial charge in [-0.25, -0.2) is 15.0 Å². The van der Waals surface area contributed by atoms with Gasteiger partial charge in [0.25, 0.3) is 0 Å². The van der Waals surface area contributed by atoms with Crippen LogP contribution < -0.4 is 9.80 Å². The molecule has 1 fully saturated rings. The lowest BCUT2D eigenvalue weighted by Crippen LogP contribution is -2.55. The number of imidazole rings is 1. The lowest BCUT2D eigenvalue weighted by atomic mass is 9.96. The molecule has 3 aromatic heterocycles. The number of carbonyl (C=O) groups excluding carboxylic acids is 1. The maximum atomic E-state index is 13.2. The zero-order valence-electron chi connectivity index (χ0n) is 20.8. The third-order valence-electron chi connectivity index (χ3n) is 7.44. The molecule has 8 heteroatoms. The van der Waals surface area contributed by atoms with Gasteiger partial charge in [-0.05, 0) is 61.2 Å². The first-order valence-electron chi connectivity index (χ1n) is 12.7. The molecule has 1 saturated heterocycles. The van der Waals surface area contributed by atoms with Gasteiger partial charge in [0, 0.05) is 56.8 Å². The first kappa shape index (κ1) is 22.5. The van der Waals surface area contributed by atoms with Crippen LogP contribution in [-0.2, 0) is 24.3 Å². The smallest absolute Gasteiger partial charge is 0.242 e. The van der Waals surface area contributed by atoms with Crippen LogP contribution in [0.2, 0.25) is 0 Å². The van der Waals surface area contributed by atoms with Crippen LogP contribution in [0.15, 0.2) is 61.2 Å². The summed E-state index contributed by atoms with van der Waals surface area (Å²) in [6.45, 7) is 8.64. The molecule has 4 aromatic rings. The summed E-state index contributed by atoms with van der Waals surface area (Å²) in [7, 11) is 0. The van der Waals surface area contributed by atoms with Crippen molar-refractivity contribution < 1.29 is 4.79 Å². The van der Waals surface area contributed by atoms with E-state index in [1.165, 1.54) is 22.4 Å². The third kappa shape index (κ3) is 4.17. The molecule has 2 aliphatic heterocycles. The van der Waals surface area contributed by atoms with E-state index in [0.29, 0.717) is 6.54 Å². The van der Waals surface area contributed by atoms with Crippen molar-refractivity contribution in [1.82, 2.24) is 24.4 Å². The number of rotatable bonds is 4. The number of hydrogen-bond donors (Lipinski definition) is 0. The van der Waals surface area contributed by atoms with E-state index in [9.17, 15) is 4.79 Å². The maximum absolute atomic E-state index is 13.2. The normalized spacial score (nSPS) is 17.9. The molecule has 5 heterocycles. The quantitative estimate of drug-likeness (QED) is 0.445. The van der Waals surface area contributed by atoms with E-state index < -0.39 is 0 Å². The number of nitrogens with zero attached hydrogens (tertiary/aromatic N) is 7. The molecule has 1 atom stereocenters. The highest BCUT2D eigenvalue weighted by Crippen LogP contribution is 2.32. The Labute approximate surface area is 211 Å².